The van der Waals surface area contributed by atoms with E-state index in [-0.39, 0.29) is 25.0 Å². The summed E-state index contributed by atoms with van der Waals surface area (Å²) in [6.45, 7) is 2.23. The van der Waals surface area contributed by atoms with Crippen LogP contribution in [-0.4, -0.2) is 29.2 Å². The van der Waals surface area contributed by atoms with Crippen LogP contribution in [0.5, 0.6) is 0 Å². The van der Waals surface area contributed by atoms with Gasteiger partial charge >= 0.3 is 6.03 Å². The molecule has 0 aromatic heterocycles. The Kier molecular flexibility index (Phi) is 5.49. The highest BCUT2D eigenvalue weighted by Crippen LogP contribution is 2.16. The number of rotatable bonds is 5. The van der Waals surface area contributed by atoms with Gasteiger partial charge in [-0.05, 0) is 36.2 Å². The number of urea groups is 1. The van der Waals surface area contributed by atoms with Gasteiger partial charge in [0.25, 0.3) is 0 Å². The number of carbonyl (C=O) groups is 1. The summed E-state index contributed by atoms with van der Waals surface area (Å²) in [7, 11) is 0. The lowest BCUT2D eigenvalue weighted by Gasteiger charge is -2.23. The second kappa shape index (κ2) is 7.56. The van der Waals surface area contributed by atoms with E-state index in [1.807, 2.05) is 30.3 Å². The zero-order chi connectivity index (χ0) is 15.9. The normalized spacial score (nSPS) is 10.3. The smallest absolute Gasteiger partial charge is 0.322 e. The van der Waals surface area contributed by atoms with Crippen molar-refractivity contribution in [2.24, 2.45) is 0 Å². The van der Waals surface area contributed by atoms with E-state index in [0.29, 0.717) is 17.8 Å². The number of hydrogen-bond donors (Lipinski definition) is 2. The summed E-state index contributed by atoms with van der Waals surface area (Å²) < 4.78 is 13.1. The molecule has 4 nitrogen and oxygen atoms in total. The average molecular weight is 302 g/mol. The minimum absolute atomic E-state index is 0.122. The van der Waals surface area contributed by atoms with Gasteiger partial charge < -0.3 is 15.3 Å². The Labute approximate surface area is 129 Å². The molecular weight excluding hydrogens is 283 g/mol. The van der Waals surface area contributed by atoms with Crippen molar-refractivity contribution < 1.29 is 14.3 Å². The highest BCUT2D eigenvalue weighted by molar-refractivity contribution is 5.90. The predicted molar refractivity (Wildman–Crippen MR) is 84.1 cm³/mol. The minimum Gasteiger partial charge on any atom is -0.395 e. The molecule has 0 bridgehead atoms. The average Bonchev–Trinajstić information content (AvgIpc) is 2.50. The van der Waals surface area contributed by atoms with E-state index < -0.39 is 0 Å². The van der Waals surface area contributed by atoms with E-state index in [0.717, 1.165) is 5.56 Å². The first-order valence-corrected chi connectivity index (χ1v) is 7.07. The molecule has 2 aromatic rings. The Morgan fingerprint density at radius 3 is 2.59 bits per heavy atom. The Bertz CT molecular complexity index is 632. The molecule has 116 valence electrons. The number of hydrogen-bond acceptors (Lipinski definition) is 2. The van der Waals surface area contributed by atoms with Crippen LogP contribution in [0.25, 0.3) is 0 Å². The number of benzene rings is 2. The zero-order valence-electron chi connectivity index (χ0n) is 12.4. The molecule has 0 aliphatic heterocycles. The fourth-order valence-corrected chi connectivity index (χ4v) is 2.14. The summed E-state index contributed by atoms with van der Waals surface area (Å²) in [4.78, 5) is 13.9. The van der Waals surface area contributed by atoms with Crippen LogP contribution in [0.4, 0.5) is 14.9 Å². The third-order valence-corrected chi connectivity index (χ3v) is 3.30. The maximum Gasteiger partial charge on any atom is 0.322 e. The Hall–Kier alpha value is -2.40. The second-order valence-electron chi connectivity index (χ2n) is 5.02. The number of anilines is 1. The summed E-state index contributed by atoms with van der Waals surface area (Å²) in [5, 5.41) is 11.9. The lowest BCUT2D eigenvalue weighted by atomic mass is 10.2. The molecule has 0 aliphatic rings. The number of nitrogens with zero attached hydrogens (tertiary/aromatic N) is 1. The third kappa shape index (κ3) is 4.30. The van der Waals surface area contributed by atoms with Crippen LogP contribution < -0.4 is 5.32 Å². The fraction of sp³-hybridized carbons (Fsp3) is 0.235. The van der Waals surface area contributed by atoms with Crippen LogP contribution in [0, 0.1) is 12.7 Å². The first-order chi connectivity index (χ1) is 10.6. The minimum atomic E-state index is -0.341. The molecule has 0 atom stereocenters. The van der Waals surface area contributed by atoms with Crippen molar-refractivity contribution >= 4 is 11.7 Å². The van der Waals surface area contributed by atoms with E-state index in [2.05, 4.69) is 5.32 Å². The summed E-state index contributed by atoms with van der Waals surface area (Å²) in [6.07, 6.45) is 0. The summed E-state index contributed by atoms with van der Waals surface area (Å²) in [5.41, 5.74) is 2.18. The van der Waals surface area contributed by atoms with Gasteiger partial charge in [-0.25, -0.2) is 9.18 Å². The number of carbonyl (C=O) groups excluding carboxylic acids is 1. The maximum atomic E-state index is 13.1. The molecule has 0 saturated carbocycles. The van der Waals surface area contributed by atoms with E-state index in [9.17, 15) is 9.18 Å². The molecule has 0 unspecified atom stereocenters. The van der Waals surface area contributed by atoms with Crippen LogP contribution in [0.15, 0.2) is 48.5 Å². The van der Waals surface area contributed by atoms with Gasteiger partial charge in [0.1, 0.15) is 5.82 Å². The summed E-state index contributed by atoms with van der Waals surface area (Å²) >= 11 is 0. The molecule has 0 spiro atoms. The first-order valence-electron chi connectivity index (χ1n) is 7.07. The van der Waals surface area contributed by atoms with Crippen LogP contribution in [0.3, 0.4) is 0 Å². The van der Waals surface area contributed by atoms with Crippen molar-refractivity contribution in [3.8, 4) is 0 Å². The van der Waals surface area contributed by atoms with Crippen molar-refractivity contribution in [1.82, 2.24) is 4.90 Å². The summed E-state index contributed by atoms with van der Waals surface area (Å²) in [5.74, 6) is -0.341. The van der Waals surface area contributed by atoms with Crippen molar-refractivity contribution in [1.29, 1.82) is 0 Å². The molecule has 0 fully saturated rings. The van der Waals surface area contributed by atoms with E-state index in [1.54, 1.807) is 6.92 Å². The van der Waals surface area contributed by atoms with Crippen LogP contribution in [0.1, 0.15) is 11.1 Å². The largest absolute Gasteiger partial charge is 0.395 e. The Morgan fingerprint density at radius 2 is 1.95 bits per heavy atom. The van der Waals surface area contributed by atoms with E-state index >= 15 is 0 Å². The molecule has 2 amide bonds. The molecule has 0 aliphatic carbocycles. The number of nitrogens with one attached hydrogen (secondary N) is 1. The maximum absolute atomic E-state index is 13.1. The molecule has 2 aromatic carbocycles. The zero-order valence-corrected chi connectivity index (χ0v) is 12.4. The lowest BCUT2D eigenvalue weighted by Crippen LogP contribution is -2.36. The van der Waals surface area contributed by atoms with Gasteiger partial charge in [0.05, 0.1) is 6.61 Å². The third-order valence-electron chi connectivity index (χ3n) is 3.30. The van der Waals surface area contributed by atoms with Crippen molar-refractivity contribution in [3.05, 3.63) is 65.5 Å². The van der Waals surface area contributed by atoms with Gasteiger partial charge in [0, 0.05) is 18.8 Å². The molecule has 2 N–H and O–H groups in total. The highest BCUT2D eigenvalue weighted by Gasteiger charge is 2.14. The Balaban J connectivity index is 2.09. The fourth-order valence-electron chi connectivity index (χ4n) is 2.14. The van der Waals surface area contributed by atoms with Crippen molar-refractivity contribution in [3.63, 3.8) is 0 Å². The molecule has 5 heteroatoms. The van der Waals surface area contributed by atoms with E-state index in [4.69, 9.17) is 5.11 Å². The number of halogens is 1. The molecule has 0 heterocycles. The SMILES string of the molecule is Cc1cc(F)ccc1NC(=O)N(CCO)Cc1ccccc1. The van der Waals surface area contributed by atoms with Crippen LogP contribution in [-0.2, 0) is 6.54 Å². The summed E-state index contributed by atoms with van der Waals surface area (Å²) in [6, 6.07) is 13.4. The molecule has 2 rings (SSSR count). The molecule has 0 radical (unpaired) electrons. The van der Waals surface area contributed by atoms with Crippen molar-refractivity contribution in [2.75, 3.05) is 18.5 Å². The first kappa shape index (κ1) is 16.0. The van der Waals surface area contributed by atoms with E-state index in [1.165, 1.54) is 23.1 Å². The van der Waals surface area contributed by atoms with Crippen molar-refractivity contribution in [2.45, 2.75) is 13.5 Å². The standard InChI is InChI=1S/C17H19FN2O2/c1-13-11-15(18)7-8-16(13)19-17(22)20(9-10-21)12-14-5-3-2-4-6-14/h2-8,11,21H,9-10,12H2,1H3,(H,19,22). The van der Waals surface area contributed by atoms with Gasteiger partial charge in [-0.1, -0.05) is 30.3 Å². The van der Waals surface area contributed by atoms with Gasteiger partial charge in [-0.2, -0.15) is 0 Å². The molecule has 22 heavy (non-hydrogen) atoms. The topological polar surface area (TPSA) is 52.6 Å². The Morgan fingerprint density at radius 1 is 1.23 bits per heavy atom. The lowest BCUT2D eigenvalue weighted by molar-refractivity contribution is 0.185. The van der Waals surface area contributed by atoms with Gasteiger partial charge in [-0.15, -0.1) is 0 Å². The monoisotopic (exact) mass is 302 g/mol. The second-order valence-corrected chi connectivity index (χ2v) is 5.02. The number of aliphatic hydroxyl groups is 1. The van der Waals surface area contributed by atoms with Gasteiger partial charge in [-0.3, -0.25) is 0 Å². The predicted octanol–water partition coefficient (Wildman–Crippen LogP) is 3.16. The molecule has 0 saturated heterocycles. The van der Waals surface area contributed by atoms with Crippen LogP contribution >= 0.6 is 0 Å². The van der Waals surface area contributed by atoms with Crippen LogP contribution in [0.2, 0.25) is 0 Å². The van der Waals surface area contributed by atoms with Gasteiger partial charge in [0.15, 0.2) is 0 Å². The highest BCUT2D eigenvalue weighted by atomic mass is 19.1. The number of amides is 2. The quantitative estimate of drug-likeness (QED) is 0.891. The molecular formula is C17H19FN2O2. The number of aryl methyl sites for hydroxylation is 1. The van der Waals surface area contributed by atoms with Gasteiger partial charge in [0.2, 0.25) is 0 Å². The number of aliphatic hydroxyl groups excluding tert-OH is 1.